The maximum atomic E-state index is 6.25. The summed E-state index contributed by atoms with van der Waals surface area (Å²) in [5.74, 6) is 1.04. The Kier molecular flexibility index (Phi) is 6.27. The van der Waals surface area contributed by atoms with E-state index in [1.54, 1.807) is 37.7 Å². The number of rotatable bonds is 5. The molecule has 0 spiro atoms. The van der Waals surface area contributed by atoms with Gasteiger partial charge in [0.1, 0.15) is 11.9 Å². The van der Waals surface area contributed by atoms with E-state index in [0.717, 1.165) is 5.56 Å². The van der Waals surface area contributed by atoms with Crippen molar-refractivity contribution in [1.82, 2.24) is 4.98 Å². The third-order valence-corrected chi connectivity index (χ3v) is 4.01. The Bertz CT molecular complexity index is 689. The molecule has 5 heteroatoms. The maximum absolute atomic E-state index is 6.25. The van der Waals surface area contributed by atoms with Crippen molar-refractivity contribution in [2.24, 2.45) is 5.41 Å². The molecule has 1 unspecified atom stereocenters. The van der Waals surface area contributed by atoms with Crippen LogP contribution in [0.4, 0.5) is 0 Å². The number of ether oxygens (including phenoxy) is 2. The van der Waals surface area contributed by atoms with E-state index in [0.29, 0.717) is 21.6 Å². The number of hydrogen-bond donors (Lipinski definition) is 0. The average Bonchev–Trinajstić information content (AvgIpc) is 2.51. The summed E-state index contributed by atoms with van der Waals surface area (Å²) >= 11 is 12.5. The minimum absolute atomic E-state index is 0.184. The number of hydrogen-bond acceptors (Lipinski definition) is 3. The highest BCUT2D eigenvalue weighted by Crippen LogP contribution is 2.37. The molecular weight excluding hydrogens is 345 g/mol. The van der Waals surface area contributed by atoms with Gasteiger partial charge in [0.2, 0.25) is 0 Å². The molecule has 0 saturated heterocycles. The lowest BCUT2D eigenvalue weighted by atomic mass is 9.87. The lowest BCUT2D eigenvalue weighted by molar-refractivity contribution is 0.0208. The minimum Gasteiger partial charge on any atom is -0.456 e. The van der Waals surface area contributed by atoms with Crippen LogP contribution in [-0.2, 0) is 4.74 Å². The van der Waals surface area contributed by atoms with E-state index < -0.39 is 0 Å². The first-order valence-corrected chi connectivity index (χ1v) is 8.35. The summed E-state index contributed by atoms with van der Waals surface area (Å²) in [7, 11) is 1.66. The van der Waals surface area contributed by atoms with Crippen LogP contribution in [0.25, 0.3) is 6.08 Å². The van der Waals surface area contributed by atoms with Gasteiger partial charge in [0, 0.05) is 19.5 Å². The van der Waals surface area contributed by atoms with Crippen LogP contribution < -0.4 is 4.74 Å². The summed E-state index contributed by atoms with van der Waals surface area (Å²) in [5.41, 5.74) is 0.721. The van der Waals surface area contributed by atoms with E-state index in [2.05, 4.69) is 25.8 Å². The number of aromatic nitrogens is 1. The van der Waals surface area contributed by atoms with Gasteiger partial charge >= 0.3 is 0 Å². The fourth-order valence-electron chi connectivity index (χ4n) is 2.38. The standard InChI is InChI=1S/C19H21Cl2NO2/c1-19(2,3)18(23-4)16(11-13-7-6-10-22-12-13)24-17-14(20)8-5-9-15(17)21/h5-12,18H,1-4H3. The van der Waals surface area contributed by atoms with Crippen molar-refractivity contribution in [3.63, 3.8) is 0 Å². The summed E-state index contributed by atoms with van der Waals surface area (Å²) in [6.45, 7) is 6.24. The molecule has 0 fully saturated rings. The number of methoxy groups -OCH3 is 1. The second-order valence-corrected chi connectivity index (χ2v) is 7.28. The molecule has 0 saturated carbocycles. The Morgan fingerprint density at radius 2 is 1.79 bits per heavy atom. The fourth-order valence-corrected chi connectivity index (χ4v) is 2.85. The zero-order valence-electron chi connectivity index (χ0n) is 14.2. The second kappa shape index (κ2) is 8.02. The Morgan fingerprint density at radius 1 is 1.12 bits per heavy atom. The normalized spacial score (nSPS) is 13.7. The molecule has 24 heavy (non-hydrogen) atoms. The van der Waals surface area contributed by atoms with E-state index in [4.69, 9.17) is 32.7 Å². The number of nitrogens with zero attached hydrogens (tertiary/aromatic N) is 1. The molecule has 0 aliphatic carbocycles. The van der Waals surface area contributed by atoms with E-state index in [9.17, 15) is 0 Å². The topological polar surface area (TPSA) is 31.4 Å². The Hall–Kier alpha value is -1.55. The molecule has 128 valence electrons. The van der Waals surface area contributed by atoms with Gasteiger partial charge in [-0.25, -0.2) is 0 Å². The first-order chi connectivity index (χ1) is 11.3. The molecule has 1 heterocycles. The highest BCUT2D eigenvalue weighted by molar-refractivity contribution is 6.37. The van der Waals surface area contributed by atoms with Crippen LogP contribution in [0, 0.1) is 5.41 Å². The van der Waals surface area contributed by atoms with Crippen LogP contribution >= 0.6 is 23.2 Å². The highest BCUT2D eigenvalue weighted by Gasteiger charge is 2.30. The van der Waals surface area contributed by atoms with Gasteiger partial charge < -0.3 is 9.47 Å². The molecule has 1 aromatic carbocycles. The molecule has 0 aliphatic rings. The van der Waals surface area contributed by atoms with Crippen molar-refractivity contribution >= 4 is 29.3 Å². The van der Waals surface area contributed by atoms with E-state index in [1.165, 1.54) is 0 Å². The summed E-state index contributed by atoms with van der Waals surface area (Å²) in [4.78, 5) is 4.13. The molecule has 1 atom stereocenters. The van der Waals surface area contributed by atoms with Crippen molar-refractivity contribution in [3.05, 3.63) is 64.1 Å². The van der Waals surface area contributed by atoms with Gasteiger partial charge in [-0.05, 0) is 35.3 Å². The summed E-state index contributed by atoms with van der Waals surface area (Å²) in [5, 5.41) is 0.895. The Balaban J connectivity index is 2.49. The van der Waals surface area contributed by atoms with Crippen molar-refractivity contribution < 1.29 is 9.47 Å². The second-order valence-electron chi connectivity index (χ2n) is 6.47. The lowest BCUT2D eigenvalue weighted by Crippen LogP contribution is -2.32. The SMILES string of the molecule is COC(C(=Cc1cccnc1)Oc1c(Cl)cccc1Cl)C(C)(C)C. The van der Waals surface area contributed by atoms with Crippen LogP contribution in [-0.4, -0.2) is 18.2 Å². The molecule has 0 bridgehead atoms. The van der Waals surface area contributed by atoms with Crippen molar-refractivity contribution in [2.75, 3.05) is 7.11 Å². The van der Waals surface area contributed by atoms with Crippen LogP contribution in [0.3, 0.4) is 0 Å². The number of para-hydroxylation sites is 1. The molecule has 0 amide bonds. The Morgan fingerprint density at radius 3 is 2.29 bits per heavy atom. The van der Waals surface area contributed by atoms with Gasteiger partial charge in [0.15, 0.2) is 5.75 Å². The third-order valence-electron chi connectivity index (χ3n) is 3.41. The van der Waals surface area contributed by atoms with Crippen molar-refractivity contribution in [2.45, 2.75) is 26.9 Å². The van der Waals surface area contributed by atoms with Gasteiger partial charge in [-0.2, -0.15) is 0 Å². The van der Waals surface area contributed by atoms with Crippen LogP contribution in [0.5, 0.6) is 5.75 Å². The number of halogens is 2. The van der Waals surface area contributed by atoms with Gasteiger partial charge in [0.25, 0.3) is 0 Å². The summed E-state index contributed by atoms with van der Waals surface area (Å²) in [6.07, 6.45) is 5.09. The van der Waals surface area contributed by atoms with Crippen LogP contribution in [0.15, 0.2) is 48.5 Å². The predicted octanol–water partition coefficient (Wildman–Crippen LogP) is 5.87. The van der Waals surface area contributed by atoms with Gasteiger partial charge in [-0.15, -0.1) is 0 Å². The molecule has 3 nitrogen and oxygen atoms in total. The quantitative estimate of drug-likeness (QED) is 0.620. The van der Waals surface area contributed by atoms with Crippen LogP contribution in [0.1, 0.15) is 26.3 Å². The first-order valence-electron chi connectivity index (χ1n) is 7.59. The number of benzene rings is 1. The zero-order valence-corrected chi connectivity index (χ0v) is 15.7. The van der Waals surface area contributed by atoms with E-state index in [1.807, 2.05) is 18.2 Å². The minimum atomic E-state index is -0.287. The first kappa shape index (κ1) is 18.8. The van der Waals surface area contributed by atoms with E-state index in [-0.39, 0.29) is 11.5 Å². The molecule has 1 aromatic heterocycles. The monoisotopic (exact) mass is 365 g/mol. The molecule has 2 rings (SSSR count). The third kappa shape index (κ3) is 4.73. The molecule has 0 radical (unpaired) electrons. The largest absolute Gasteiger partial charge is 0.456 e. The summed E-state index contributed by atoms with van der Waals surface area (Å²) < 4.78 is 11.8. The maximum Gasteiger partial charge on any atom is 0.164 e. The smallest absolute Gasteiger partial charge is 0.164 e. The van der Waals surface area contributed by atoms with Gasteiger partial charge in [-0.3, -0.25) is 4.98 Å². The zero-order chi connectivity index (χ0) is 17.7. The van der Waals surface area contributed by atoms with Gasteiger partial charge in [0.05, 0.1) is 10.0 Å². The predicted molar refractivity (Wildman–Crippen MR) is 99.6 cm³/mol. The molecule has 2 aromatic rings. The highest BCUT2D eigenvalue weighted by atomic mass is 35.5. The van der Waals surface area contributed by atoms with Crippen LogP contribution in [0.2, 0.25) is 10.0 Å². The Labute approximate surface area is 153 Å². The fraction of sp³-hybridized carbons (Fsp3) is 0.316. The van der Waals surface area contributed by atoms with Crippen molar-refractivity contribution in [1.29, 1.82) is 0 Å². The lowest BCUT2D eigenvalue weighted by Gasteiger charge is -2.31. The number of pyridine rings is 1. The van der Waals surface area contributed by atoms with Gasteiger partial charge in [-0.1, -0.05) is 56.1 Å². The molecule has 0 aliphatic heterocycles. The molecule has 0 N–H and O–H groups in total. The van der Waals surface area contributed by atoms with E-state index >= 15 is 0 Å². The summed E-state index contributed by atoms with van der Waals surface area (Å²) in [6, 6.07) is 9.07. The van der Waals surface area contributed by atoms with Crippen molar-refractivity contribution in [3.8, 4) is 5.75 Å². The average molecular weight is 366 g/mol. The molecular formula is C19H21Cl2NO2.